The Kier molecular flexibility index (Phi) is 4.54. The van der Waals surface area contributed by atoms with Crippen LogP contribution in [0.4, 0.5) is 4.39 Å². The van der Waals surface area contributed by atoms with E-state index in [1.807, 2.05) is 6.07 Å². The van der Waals surface area contributed by atoms with E-state index in [0.29, 0.717) is 5.92 Å². The van der Waals surface area contributed by atoms with Crippen LogP contribution in [0.5, 0.6) is 0 Å². The van der Waals surface area contributed by atoms with Crippen molar-refractivity contribution in [2.75, 3.05) is 0 Å². The van der Waals surface area contributed by atoms with Crippen molar-refractivity contribution in [1.82, 2.24) is 5.43 Å². The molecule has 17 heavy (non-hydrogen) atoms. The summed E-state index contributed by atoms with van der Waals surface area (Å²) in [5.41, 5.74) is 3.79. The molecule has 1 atom stereocenters. The highest BCUT2D eigenvalue weighted by molar-refractivity contribution is 9.10. The van der Waals surface area contributed by atoms with Gasteiger partial charge in [0.25, 0.3) is 0 Å². The molecule has 1 fully saturated rings. The van der Waals surface area contributed by atoms with Crippen LogP contribution in [0.3, 0.4) is 0 Å². The number of halogens is 2. The van der Waals surface area contributed by atoms with E-state index in [1.165, 1.54) is 38.2 Å². The minimum atomic E-state index is -0.217. The zero-order valence-corrected chi connectivity index (χ0v) is 11.3. The molecule has 2 nitrogen and oxygen atoms in total. The maximum absolute atomic E-state index is 13.4. The molecule has 0 radical (unpaired) electrons. The highest BCUT2D eigenvalue weighted by Crippen LogP contribution is 2.34. The van der Waals surface area contributed by atoms with Crippen molar-refractivity contribution in [2.45, 2.75) is 38.1 Å². The van der Waals surface area contributed by atoms with Crippen molar-refractivity contribution in [3.63, 3.8) is 0 Å². The largest absolute Gasteiger partial charge is 0.271 e. The molecule has 0 spiro atoms. The van der Waals surface area contributed by atoms with Crippen LogP contribution in [-0.4, -0.2) is 0 Å². The van der Waals surface area contributed by atoms with Crippen LogP contribution >= 0.6 is 15.9 Å². The van der Waals surface area contributed by atoms with Gasteiger partial charge in [-0.2, -0.15) is 0 Å². The van der Waals surface area contributed by atoms with Crippen molar-refractivity contribution < 1.29 is 4.39 Å². The Bertz CT molecular complexity index is 357. The zero-order chi connectivity index (χ0) is 12.3. The summed E-state index contributed by atoms with van der Waals surface area (Å²) >= 11 is 3.33. The van der Waals surface area contributed by atoms with Crippen LogP contribution < -0.4 is 11.3 Å². The highest BCUT2D eigenvalue weighted by Gasteiger charge is 2.24. The highest BCUT2D eigenvalue weighted by atomic mass is 79.9. The third kappa shape index (κ3) is 3.27. The van der Waals surface area contributed by atoms with E-state index < -0.39 is 0 Å². The van der Waals surface area contributed by atoms with Crippen LogP contribution in [-0.2, 0) is 0 Å². The van der Waals surface area contributed by atoms with Crippen LogP contribution in [0.2, 0.25) is 0 Å². The van der Waals surface area contributed by atoms with Crippen molar-refractivity contribution >= 4 is 15.9 Å². The summed E-state index contributed by atoms with van der Waals surface area (Å²) in [5.74, 6) is 5.95. The molecule has 0 saturated heterocycles. The van der Waals surface area contributed by atoms with Gasteiger partial charge in [0.1, 0.15) is 5.82 Å². The van der Waals surface area contributed by atoms with Crippen molar-refractivity contribution in [3.8, 4) is 0 Å². The van der Waals surface area contributed by atoms with E-state index in [1.54, 1.807) is 6.07 Å². The van der Waals surface area contributed by atoms with Gasteiger partial charge in [-0.05, 0) is 42.5 Å². The lowest BCUT2D eigenvalue weighted by atomic mass is 9.81. The second-order valence-corrected chi connectivity index (χ2v) is 5.66. The maximum atomic E-state index is 13.4. The zero-order valence-electron chi connectivity index (χ0n) is 9.76. The van der Waals surface area contributed by atoms with Gasteiger partial charge in [-0.1, -0.05) is 35.2 Å². The van der Waals surface area contributed by atoms with E-state index in [-0.39, 0.29) is 11.9 Å². The summed E-state index contributed by atoms with van der Waals surface area (Å²) in [6.45, 7) is 0. The number of benzene rings is 1. The van der Waals surface area contributed by atoms with Gasteiger partial charge < -0.3 is 0 Å². The normalized spacial score (nSPS) is 19.2. The van der Waals surface area contributed by atoms with Gasteiger partial charge in [0.2, 0.25) is 0 Å². The summed E-state index contributed by atoms with van der Waals surface area (Å²) in [7, 11) is 0. The summed E-state index contributed by atoms with van der Waals surface area (Å²) < 4.78 is 14.2. The molecule has 2 rings (SSSR count). The Balaban J connectivity index is 2.21. The summed E-state index contributed by atoms with van der Waals surface area (Å²) in [6, 6.07) is 5.05. The Morgan fingerprint density at radius 1 is 1.24 bits per heavy atom. The lowest BCUT2D eigenvalue weighted by Crippen LogP contribution is -2.34. The second-order valence-electron chi connectivity index (χ2n) is 4.75. The first-order valence-electron chi connectivity index (χ1n) is 6.13. The molecule has 3 N–H and O–H groups in total. The van der Waals surface area contributed by atoms with Crippen LogP contribution in [0.15, 0.2) is 22.7 Å². The number of rotatable bonds is 3. The van der Waals surface area contributed by atoms with E-state index in [9.17, 15) is 4.39 Å². The Hall–Kier alpha value is -0.450. The van der Waals surface area contributed by atoms with E-state index in [2.05, 4.69) is 21.4 Å². The lowest BCUT2D eigenvalue weighted by molar-refractivity contribution is 0.273. The van der Waals surface area contributed by atoms with Crippen LogP contribution in [0.25, 0.3) is 0 Å². The Morgan fingerprint density at radius 2 is 1.94 bits per heavy atom. The van der Waals surface area contributed by atoms with Gasteiger partial charge in [-0.3, -0.25) is 11.3 Å². The predicted octanol–water partition coefficient (Wildman–Crippen LogP) is 3.67. The smallest absolute Gasteiger partial charge is 0.124 e. The van der Waals surface area contributed by atoms with E-state index in [4.69, 9.17) is 5.84 Å². The standard InChI is InChI=1S/C13H18BrFN2/c14-11-6-10(7-12(15)8-11)13(17-16)9-4-2-1-3-5-9/h6-9,13,17H,1-5,16H2. The lowest BCUT2D eigenvalue weighted by Gasteiger charge is -2.30. The number of nitrogens with one attached hydrogen (secondary N) is 1. The molecule has 0 aromatic heterocycles. The third-order valence-electron chi connectivity index (χ3n) is 3.54. The molecule has 1 saturated carbocycles. The first-order chi connectivity index (χ1) is 8.20. The molecular formula is C13H18BrFN2. The fourth-order valence-electron chi connectivity index (χ4n) is 2.73. The number of nitrogens with two attached hydrogens (primary N) is 1. The molecular weight excluding hydrogens is 283 g/mol. The fraction of sp³-hybridized carbons (Fsp3) is 0.538. The van der Waals surface area contributed by atoms with Gasteiger partial charge in [-0.25, -0.2) is 4.39 Å². The average molecular weight is 301 g/mol. The van der Waals surface area contributed by atoms with Gasteiger partial charge in [0.15, 0.2) is 0 Å². The van der Waals surface area contributed by atoms with Crippen molar-refractivity contribution in [2.24, 2.45) is 11.8 Å². The molecule has 1 aromatic carbocycles. The molecule has 0 amide bonds. The molecule has 94 valence electrons. The number of hydrogen-bond donors (Lipinski definition) is 2. The first kappa shape index (κ1) is 13.0. The molecule has 0 bridgehead atoms. The van der Waals surface area contributed by atoms with Gasteiger partial charge in [0, 0.05) is 10.5 Å². The number of hydrazine groups is 1. The molecule has 1 aromatic rings. The van der Waals surface area contributed by atoms with Gasteiger partial charge in [0.05, 0.1) is 0 Å². The molecule has 1 unspecified atom stereocenters. The van der Waals surface area contributed by atoms with E-state index in [0.717, 1.165) is 10.0 Å². The average Bonchev–Trinajstić information content (AvgIpc) is 2.30. The Labute approximate surface area is 110 Å². The molecule has 0 heterocycles. The summed E-state index contributed by atoms with van der Waals surface area (Å²) in [5, 5.41) is 0. The predicted molar refractivity (Wildman–Crippen MR) is 70.7 cm³/mol. The summed E-state index contributed by atoms with van der Waals surface area (Å²) in [6.07, 6.45) is 6.14. The van der Waals surface area contributed by atoms with Crippen molar-refractivity contribution in [3.05, 3.63) is 34.1 Å². The molecule has 1 aliphatic carbocycles. The monoisotopic (exact) mass is 300 g/mol. The quantitative estimate of drug-likeness (QED) is 0.660. The minimum absolute atomic E-state index is 0.0577. The second kappa shape index (κ2) is 5.94. The molecule has 4 heteroatoms. The third-order valence-corrected chi connectivity index (χ3v) is 4.00. The van der Waals surface area contributed by atoms with Crippen LogP contribution in [0.1, 0.15) is 43.7 Å². The van der Waals surface area contributed by atoms with Crippen LogP contribution in [0, 0.1) is 11.7 Å². The summed E-state index contributed by atoms with van der Waals surface area (Å²) in [4.78, 5) is 0. The van der Waals surface area contributed by atoms with Gasteiger partial charge in [-0.15, -0.1) is 0 Å². The first-order valence-corrected chi connectivity index (χ1v) is 6.92. The molecule has 0 aliphatic heterocycles. The maximum Gasteiger partial charge on any atom is 0.124 e. The fourth-order valence-corrected chi connectivity index (χ4v) is 3.21. The Morgan fingerprint density at radius 3 is 2.53 bits per heavy atom. The minimum Gasteiger partial charge on any atom is -0.271 e. The van der Waals surface area contributed by atoms with Crippen molar-refractivity contribution in [1.29, 1.82) is 0 Å². The SMILES string of the molecule is NNC(c1cc(F)cc(Br)c1)C1CCCCC1. The number of hydrogen-bond acceptors (Lipinski definition) is 2. The van der Waals surface area contributed by atoms with Gasteiger partial charge >= 0.3 is 0 Å². The van der Waals surface area contributed by atoms with E-state index >= 15 is 0 Å². The topological polar surface area (TPSA) is 38.0 Å². The molecule has 1 aliphatic rings.